The molecule has 1 aromatic carbocycles. The van der Waals surface area contributed by atoms with Crippen molar-refractivity contribution in [1.29, 1.82) is 0 Å². The Morgan fingerprint density at radius 2 is 1.82 bits per heavy atom. The predicted octanol–water partition coefficient (Wildman–Crippen LogP) is 3.60. The molecule has 1 N–H and O–H groups in total. The molecule has 1 heterocycles. The van der Waals surface area contributed by atoms with Crippen LogP contribution in [0.3, 0.4) is 0 Å². The van der Waals surface area contributed by atoms with Gasteiger partial charge in [-0.3, -0.25) is 4.98 Å². The Labute approximate surface area is 125 Å². The van der Waals surface area contributed by atoms with E-state index in [1.807, 2.05) is 30.3 Å². The highest BCUT2D eigenvalue weighted by Crippen LogP contribution is 2.39. The zero-order valence-corrected chi connectivity index (χ0v) is 11.5. The molecule has 0 aliphatic carbocycles. The molecule has 2 aromatic rings. The molecular formula is C16H14F3NO2. The molecule has 0 aliphatic rings. The van der Waals surface area contributed by atoms with Gasteiger partial charge in [-0.05, 0) is 23.8 Å². The molecule has 0 aliphatic heterocycles. The van der Waals surface area contributed by atoms with Gasteiger partial charge in [-0.2, -0.15) is 13.2 Å². The normalized spacial score (nSPS) is 14.2. The number of nitrogens with zero attached hydrogens (tertiary/aromatic N) is 1. The lowest BCUT2D eigenvalue weighted by molar-refractivity contribution is -0.246. The second-order valence-electron chi connectivity index (χ2n) is 4.62. The maximum absolute atomic E-state index is 12.9. The summed E-state index contributed by atoms with van der Waals surface area (Å²) in [6.07, 6.45) is -3.34. The molecule has 1 unspecified atom stereocenters. The lowest BCUT2D eigenvalue weighted by atomic mass is 9.98. The minimum absolute atomic E-state index is 0.271. The number of aliphatic hydroxyl groups is 1. The third-order valence-corrected chi connectivity index (χ3v) is 3.10. The first-order valence-corrected chi connectivity index (χ1v) is 6.43. The summed E-state index contributed by atoms with van der Waals surface area (Å²) in [5.41, 5.74) is -2.81. The molecule has 0 radical (unpaired) electrons. The van der Waals surface area contributed by atoms with Crippen LogP contribution < -0.4 is 4.74 Å². The van der Waals surface area contributed by atoms with E-state index in [-0.39, 0.29) is 6.61 Å². The maximum atomic E-state index is 12.9. The van der Waals surface area contributed by atoms with Crippen LogP contribution in [0.25, 0.3) is 0 Å². The molecule has 0 bridgehead atoms. The molecule has 0 amide bonds. The molecule has 1 aromatic heterocycles. The SMILES string of the molecule is C=CC(O)(c1ccc(OCc2ccccc2)cn1)C(F)(F)F. The van der Waals surface area contributed by atoms with Crippen molar-refractivity contribution < 1.29 is 23.0 Å². The highest BCUT2D eigenvalue weighted by molar-refractivity contribution is 5.28. The third kappa shape index (κ3) is 3.28. The first-order valence-electron chi connectivity index (χ1n) is 6.43. The first kappa shape index (κ1) is 16.0. The van der Waals surface area contributed by atoms with Gasteiger partial charge in [0.2, 0.25) is 5.60 Å². The van der Waals surface area contributed by atoms with Gasteiger partial charge < -0.3 is 9.84 Å². The number of aromatic nitrogens is 1. The number of rotatable bonds is 5. The molecule has 0 saturated carbocycles. The van der Waals surface area contributed by atoms with Crippen LogP contribution in [-0.2, 0) is 12.2 Å². The predicted molar refractivity (Wildman–Crippen MR) is 75.2 cm³/mol. The van der Waals surface area contributed by atoms with E-state index < -0.39 is 17.5 Å². The van der Waals surface area contributed by atoms with E-state index in [1.165, 1.54) is 6.07 Å². The Balaban J connectivity index is 2.12. The van der Waals surface area contributed by atoms with Crippen LogP contribution in [0.4, 0.5) is 13.2 Å². The second kappa shape index (κ2) is 6.19. The maximum Gasteiger partial charge on any atom is 0.426 e. The van der Waals surface area contributed by atoms with Crippen LogP contribution in [0.5, 0.6) is 5.75 Å². The Morgan fingerprint density at radius 3 is 2.32 bits per heavy atom. The van der Waals surface area contributed by atoms with E-state index in [4.69, 9.17) is 4.74 Å². The number of halogens is 3. The topological polar surface area (TPSA) is 42.4 Å². The molecule has 6 heteroatoms. The highest BCUT2D eigenvalue weighted by Gasteiger charge is 2.54. The van der Waals surface area contributed by atoms with E-state index in [1.54, 1.807) is 0 Å². The number of hydrogen-bond acceptors (Lipinski definition) is 3. The van der Waals surface area contributed by atoms with Gasteiger partial charge in [-0.15, -0.1) is 0 Å². The summed E-state index contributed by atoms with van der Waals surface area (Å²) in [7, 11) is 0. The van der Waals surface area contributed by atoms with E-state index in [0.29, 0.717) is 11.8 Å². The van der Waals surface area contributed by atoms with Gasteiger partial charge in [0.25, 0.3) is 0 Å². The van der Waals surface area contributed by atoms with Gasteiger partial charge in [0, 0.05) is 0 Å². The van der Waals surface area contributed by atoms with Crippen LogP contribution in [0.1, 0.15) is 11.3 Å². The fourth-order valence-electron chi connectivity index (χ4n) is 1.80. The number of pyridine rings is 1. The van der Waals surface area contributed by atoms with Gasteiger partial charge in [-0.25, -0.2) is 0 Å². The van der Waals surface area contributed by atoms with Crippen LogP contribution in [-0.4, -0.2) is 16.3 Å². The van der Waals surface area contributed by atoms with E-state index in [2.05, 4.69) is 11.6 Å². The van der Waals surface area contributed by atoms with Gasteiger partial charge in [0.15, 0.2) is 0 Å². The van der Waals surface area contributed by atoms with Crippen LogP contribution >= 0.6 is 0 Å². The average Bonchev–Trinajstić information content (AvgIpc) is 2.52. The number of ether oxygens (including phenoxy) is 1. The molecule has 1 atom stereocenters. The Hall–Kier alpha value is -2.34. The Kier molecular flexibility index (Phi) is 4.51. The molecule has 2 rings (SSSR count). The van der Waals surface area contributed by atoms with E-state index in [0.717, 1.165) is 17.8 Å². The van der Waals surface area contributed by atoms with Crippen molar-refractivity contribution in [2.75, 3.05) is 0 Å². The van der Waals surface area contributed by atoms with Crippen molar-refractivity contribution in [3.05, 3.63) is 72.6 Å². The summed E-state index contributed by atoms with van der Waals surface area (Å²) in [5.74, 6) is 0.307. The number of benzene rings is 1. The second-order valence-corrected chi connectivity index (χ2v) is 4.62. The van der Waals surface area contributed by atoms with Crippen molar-refractivity contribution in [2.24, 2.45) is 0 Å². The first-order chi connectivity index (χ1) is 10.4. The van der Waals surface area contributed by atoms with Crippen molar-refractivity contribution in [1.82, 2.24) is 4.98 Å². The third-order valence-electron chi connectivity index (χ3n) is 3.10. The Bertz CT molecular complexity index is 626. The Morgan fingerprint density at radius 1 is 1.14 bits per heavy atom. The van der Waals surface area contributed by atoms with Crippen LogP contribution in [0.2, 0.25) is 0 Å². The van der Waals surface area contributed by atoms with Gasteiger partial charge in [0.1, 0.15) is 12.4 Å². The minimum Gasteiger partial charge on any atom is -0.487 e. The minimum atomic E-state index is -4.89. The molecular weight excluding hydrogens is 295 g/mol. The van der Waals surface area contributed by atoms with Gasteiger partial charge in [-0.1, -0.05) is 36.9 Å². The molecule has 0 saturated heterocycles. The summed E-state index contributed by atoms with van der Waals surface area (Å²) < 4.78 is 44.0. The molecule has 22 heavy (non-hydrogen) atoms. The van der Waals surface area contributed by atoms with E-state index >= 15 is 0 Å². The van der Waals surface area contributed by atoms with Crippen molar-refractivity contribution in [3.63, 3.8) is 0 Å². The average molecular weight is 309 g/mol. The monoisotopic (exact) mass is 309 g/mol. The molecule has 0 fully saturated rings. The summed E-state index contributed by atoms with van der Waals surface area (Å²) >= 11 is 0. The van der Waals surface area contributed by atoms with E-state index in [9.17, 15) is 18.3 Å². The molecule has 0 spiro atoms. The lowest BCUT2D eigenvalue weighted by Gasteiger charge is -2.26. The van der Waals surface area contributed by atoms with Crippen LogP contribution in [0, 0.1) is 0 Å². The van der Waals surface area contributed by atoms with Crippen molar-refractivity contribution in [2.45, 2.75) is 18.4 Å². The summed E-state index contributed by atoms with van der Waals surface area (Å²) in [5, 5.41) is 9.68. The summed E-state index contributed by atoms with van der Waals surface area (Å²) in [4.78, 5) is 3.63. The summed E-state index contributed by atoms with van der Waals surface area (Å²) in [6.45, 7) is 3.30. The van der Waals surface area contributed by atoms with Crippen molar-refractivity contribution >= 4 is 0 Å². The van der Waals surface area contributed by atoms with Gasteiger partial charge >= 0.3 is 6.18 Å². The quantitative estimate of drug-likeness (QED) is 0.858. The van der Waals surface area contributed by atoms with Gasteiger partial charge in [0.05, 0.1) is 11.9 Å². The zero-order valence-electron chi connectivity index (χ0n) is 11.5. The standard InChI is InChI=1S/C16H14F3NO2/c1-2-15(21,16(17,18)19)14-9-8-13(10-20-14)22-11-12-6-4-3-5-7-12/h2-10,21H,1,11H2. The smallest absolute Gasteiger partial charge is 0.426 e. The number of hydrogen-bond donors (Lipinski definition) is 1. The lowest BCUT2D eigenvalue weighted by Crippen LogP contribution is -2.40. The fraction of sp³-hybridized carbons (Fsp3) is 0.188. The fourth-order valence-corrected chi connectivity index (χ4v) is 1.80. The summed E-state index contributed by atoms with van der Waals surface area (Å²) in [6, 6.07) is 11.7. The molecule has 3 nitrogen and oxygen atoms in total. The number of alkyl halides is 3. The zero-order chi connectivity index (χ0) is 16.2. The highest BCUT2D eigenvalue weighted by atomic mass is 19.4. The largest absolute Gasteiger partial charge is 0.487 e. The van der Waals surface area contributed by atoms with Crippen LogP contribution in [0.15, 0.2) is 61.3 Å². The van der Waals surface area contributed by atoms with Crippen molar-refractivity contribution in [3.8, 4) is 5.75 Å². The molecule has 116 valence electrons.